The van der Waals surface area contributed by atoms with Crippen LogP contribution in [0.3, 0.4) is 0 Å². The van der Waals surface area contributed by atoms with E-state index in [1.807, 2.05) is 11.8 Å². The lowest BCUT2D eigenvalue weighted by atomic mass is 9.91. The Morgan fingerprint density at radius 2 is 2.44 bits per heavy atom. The lowest BCUT2D eigenvalue weighted by Crippen LogP contribution is -2.45. The minimum absolute atomic E-state index is 0.102. The molecule has 88 valence electrons. The van der Waals surface area contributed by atoms with Crippen LogP contribution in [-0.4, -0.2) is 34.3 Å². The molecule has 1 aromatic rings. The second kappa shape index (κ2) is 5.15. The number of nitrogens with zero attached hydrogens (tertiary/aromatic N) is 2. The van der Waals surface area contributed by atoms with Crippen molar-refractivity contribution in [1.29, 1.82) is 0 Å². The molecule has 1 saturated carbocycles. The summed E-state index contributed by atoms with van der Waals surface area (Å²) in [5, 5.41) is 0. The molecule has 0 N–H and O–H groups in total. The number of hydrogen-bond donors (Lipinski definition) is 0. The molecule has 1 aromatic heterocycles. The van der Waals surface area contributed by atoms with Gasteiger partial charge in [-0.3, -0.25) is 4.79 Å². The van der Waals surface area contributed by atoms with Gasteiger partial charge in [0.2, 0.25) is 0 Å². The third-order valence-electron chi connectivity index (χ3n) is 3.04. The molecule has 16 heavy (non-hydrogen) atoms. The third-order valence-corrected chi connectivity index (χ3v) is 4.13. The monoisotopic (exact) mass is 258 g/mol. The summed E-state index contributed by atoms with van der Waals surface area (Å²) >= 11 is 7.18. The van der Waals surface area contributed by atoms with Crippen molar-refractivity contribution in [3.05, 3.63) is 16.1 Å². The summed E-state index contributed by atoms with van der Waals surface area (Å²) in [5.41, 5.74) is 2.55. The summed E-state index contributed by atoms with van der Waals surface area (Å²) in [6.07, 6.45) is 3.44. The van der Waals surface area contributed by atoms with E-state index in [9.17, 15) is 4.79 Å². The molecule has 0 radical (unpaired) electrons. The highest BCUT2D eigenvalue weighted by Gasteiger charge is 2.30. The maximum Gasteiger partial charge on any atom is 0.266 e. The number of aryl methyl sites for hydroxylation is 1. The Kier molecular flexibility index (Phi) is 3.82. The van der Waals surface area contributed by atoms with Crippen LogP contribution >= 0.6 is 22.9 Å². The van der Waals surface area contributed by atoms with Crippen LogP contribution in [0.1, 0.15) is 34.6 Å². The van der Waals surface area contributed by atoms with E-state index in [1.54, 1.807) is 5.51 Å². The van der Waals surface area contributed by atoms with Gasteiger partial charge in [-0.1, -0.05) is 0 Å². The molecule has 2 rings (SSSR count). The van der Waals surface area contributed by atoms with Gasteiger partial charge in [-0.2, -0.15) is 0 Å². The predicted octanol–water partition coefficient (Wildman–Crippen LogP) is 2.69. The molecule has 0 aromatic carbocycles. The van der Waals surface area contributed by atoms with Crippen LogP contribution in [0.2, 0.25) is 0 Å². The number of amides is 1. The second-order valence-corrected chi connectivity index (χ2v) is 5.27. The Bertz CT molecular complexity index is 376. The zero-order valence-corrected chi connectivity index (χ0v) is 10.9. The molecular weight excluding hydrogens is 244 g/mol. The molecule has 0 aliphatic heterocycles. The largest absolute Gasteiger partial charge is 0.334 e. The highest BCUT2D eigenvalue weighted by Crippen LogP contribution is 2.27. The van der Waals surface area contributed by atoms with Gasteiger partial charge in [-0.25, -0.2) is 4.98 Å². The van der Waals surface area contributed by atoms with Crippen molar-refractivity contribution in [2.24, 2.45) is 0 Å². The van der Waals surface area contributed by atoms with E-state index in [4.69, 9.17) is 11.6 Å². The number of thiazole rings is 1. The van der Waals surface area contributed by atoms with E-state index in [0.29, 0.717) is 18.5 Å². The van der Waals surface area contributed by atoms with Crippen molar-refractivity contribution < 1.29 is 4.79 Å². The Labute approximate surface area is 104 Å². The van der Waals surface area contributed by atoms with Crippen molar-refractivity contribution in [3.8, 4) is 0 Å². The molecule has 0 bridgehead atoms. The lowest BCUT2D eigenvalue weighted by molar-refractivity contribution is 0.0602. The summed E-state index contributed by atoms with van der Waals surface area (Å²) in [5.74, 6) is 0.602. The van der Waals surface area contributed by atoms with Gasteiger partial charge >= 0.3 is 0 Å². The maximum absolute atomic E-state index is 12.3. The van der Waals surface area contributed by atoms with Gasteiger partial charge in [0.25, 0.3) is 5.91 Å². The zero-order valence-electron chi connectivity index (χ0n) is 9.28. The first kappa shape index (κ1) is 11.9. The van der Waals surface area contributed by atoms with Crippen LogP contribution in [0.4, 0.5) is 0 Å². The second-order valence-electron chi connectivity index (χ2n) is 4.04. The molecule has 1 amide bonds. The molecule has 0 unspecified atom stereocenters. The Morgan fingerprint density at radius 1 is 1.69 bits per heavy atom. The quantitative estimate of drug-likeness (QED) is 0.778. The van der Waals surface area contributed by atoms with Crippen LogP contribution in [0, 0.1) is 6.92 Å². The molecule has 1 aliphatic carbocycles. The number of carbonyl (C=O) groups is 1. The molecule has 5 heteroatoms. The normalized spacial score (nSPS) is 15.9. The van der Waals surface area contributed by atoms with Gasteiger partial charge in [-0.05, 0) is 26.2 Å². The molecule has 0 saturated heterocycles. The first-order valence-electron chi connectivity index (χ1n) is 5.51. The van der Waals surface area contributed by atoms with E-state index in [2.05, 4.69) is 4.98 Å². The van der Waals surface area contributed by atoms with Crippen molar-refractivity contribution >= 4 is 28.8 Å². The van der Waals surface area contributed by atoms with E-state index >= 15 is 0 Å². The summed E-state index contributed by atoms with van der Waals surface area (Å²) in [6.45, 7) is 2.52. The minimum Gasteiger partial charge on any atom is -0.334 e. The first-order chi connectivity index (χ1) is 7.74. The predicted molar refractivity (Wildman–Crippen MR) is 66.2 cm³/mol. The van der Waals surface area contributed by atoms with Crippen molar-refractivity contribution in [3.63, 3.8) is 0 Å². The molecule has 1 fully saturated rings. The topological polar surface area (TPSA) is 33.2 Å². The first-order valence-corrected chi connectivity index (χ1v) is 6.92. The van der Waals surface area contributed by atoms with Crippen LogP contribution in [0.5, 0.6) is 0 Å². The lowest BCUT2D eigenvalue weighted by Gasteiger charge is -2.37. The molecule has 0 spiro atoms. The molecule has 3 nitrogen and oxygen atoms in total. The van der Waals surface area contributed by atoms with Crippen molar-refractivity contribution in [2.45, 2.75) is 32.2 Å². The average molecular weight is 259 g/mol. The van der Waals surface area contributed by atoms with E-state index in [-0.39, 0.29) is 5.91 Å². The molecule has 0 atom stereocenters. The van der Waals surface area contributed by atoms with Crippen LogP contribution in [0.25, 0.3) is 0 Å². The third kappa shape index (κ3) is 2.23. The summed E-state index contributed by atoms with van der Waals surface area (Å²) < 4.78 is 0. The van der Waals surface area contributed by atoms with Gasteiger partial charge < -0.3 is 4.90 Å². The number of hydrogen-bond acceptors (Lipinski definition) is 3. The van der Waals surface area contributed by atoms with Crippen molar-refractivity contribution in [2.75, 3.05) is 12.4 Å². The number of aromatic nitrogens is 1. The van der Waals surface area contributed by atoms with Gasteiger partial charge in [0.15, 0.2) is 0 Å². The number of alkyl halides is 1. The summed E-state index contributed by atoms with van der Waals surface area (Å²) in [6, 6.07) is 0.396. The Hall–Kier alpha value is -0.610. The van der Waals surface area contributed by atoms with Crippen LogP contribution < -0.4 is 0 Å². The fraction of sp³-hybridized carbons (Fsp3) is 0.636. The van der Waals surface area contributed by atoms with Crippen molar-refractivity contribution in [1.82, 2.24) is 9.88 Å². The standard InChI is InChI=1S/C11H15ClN2OS/c1-8-10(16-7-13-8)11(15)14(6-5-12)9-3-2-4-9/h7,9H,2-6H2,1H3. The van der Waals surface area contributed by atoms with Gasteiger partial charge in [-0.15, -0.1) is 22.9 Å². The van der Waals surface area contributed by atoms with Crippen LogP contribution in [0.15, 0.2) is 5.51 Å². The smallest absolute Gasteiger partial charge is 0.266 e. The minimum atomic E-state index is 0.102. The van der Waals surface area contributed by atoms with Gasteiger partial charge in [0, 0.05) is 18.5 Å². The van der Waals surface area contributed by atoms with Crippen LogP contribution in [-0.2, 0) is 0 Å². The Morgan fingerprint density at radius 3 is 2.88 bits per heavy atom. The number of carbonyl (C=O) groups excluding carboxylic acids is 1. The van der Waals surface area contributed by atoms with E-state index in [0.717, 1.165) is 23.4 Å². The average Bonchev–Trinajstić information content (AvgIpc) is 2.60. The fourth-order valence-electron chi connectivity index (χ4n) is 1.88. The maximum atomic E-state index is 12.3. The molecule has 1 aliphatic rings. The van der Waals surface area contributed by atoms with Gasteiger partial charge in [0.05, 0.1) is 11.2 Å². The Balaban J connectivity index is 2.13. The van der Waals surface area contributed by atoms with E-state index < -0.39 is 0 Å². The van der Waals surface area contributed by atoms with Gasteiger partial charge in [0.1, 0.15) is 4.88 Å². The summed E-state index contributed by atoms with van der Waals surface area (Å²) in [4.78, 5) is 19.1. The number of rotatable bonds is 4. The fourth-order valence-corrected chi connectivity index (χ4v) is 2.82. The highest BCUT2D eigenvalue weighted by atomic mass is 35.5. The highest BCUT2D eigenvalue weighted by molar-refractivity contribution is 7.11. The molecule has 1 heterocycles. The zero-order chi connectivity index (χ0) is 11.5. The summed E-state index contributed by atoms with van der Waals surface area (Å²) in [7, 11) is 0. The van der Waals surface area contributed by atoms with E-state index in [1.165, 1.54) is 17.8 Å². The SMILES string of the molecule is Cc1ncsc1C(=O)N(CCCl)C1CCC1. The number of halogens is 1. The molecular formula is C11H15ClN2OS.